The van der Waals surface area contributed by atoms with Crippen LogP contribution in [-0.2, 0) is 11.2 Å². The van der Waals surface area contributed by atoms with Gasteiger partial charge in [0, 0.05) is 6.54 Å². The number of nitrogens with two attached hydrogens (primary N) is 1. The Bertz CT molecular complexity index is 613. The van der Waals surface area contributed by atoms with Crippen molar-refractivity contribution in [3.8, 4) is 11.1 Å². The molecule has 0 aromatic heterocycles. The van der Waals surface area contributed by atoms with Gasteiger partial charge in [0.1, 0.15) is 0 Å². The molecule has 1 amide bonds. The Labute approximate surface area is 125 Å². The summed E-state index contributed by atoms with van der Waals surface area (Å²) in [6.07, 6.45) is 1.53. The average molecular weight is 280 g/mol. The molecule has 2 aromatic rings. The summed E-state index contributed by atoms with van der Waals surface area (Å²) in [4.78, 5) is 11.8. The van der Waals surface area contributed by atoms with E-state index in [0.29, 0.717) is 13.0 Å². The molecule has 0 radical (unpaired) electrons. The first-order valence-electron chi connectivity index (χ1n) is 7.35. The van der Waals surface area contributed by atoms with Crippen molar-refractivity contribution in [2.45, 2.75) is 12.8 Å². The van der Waals surface area contributed by atoms with E-state index in [9.17, 15) is 4.79 Å². The van der Waals surface area contributed by atoms with E-state index in [0.717, 1.165) is 18.5 Å². The Morgan fingerprint density at radius 3 is 2.29 bits per heavy atom. The molecule has 108 valence electrons. The first kappa shape index (κ1) is 13.8. The highest BCUT2D eigenvalue weighted by molar-refractivity contribution is 5.82. The molecule has 2 aromatic carbocycles. The standard InChI is InChI=1S/C18H20N2O/c19-17(21)18(10-11-20-13-18)12-14-6-8-16(9-7-14)15-4-2-1-3-5-15/h1-9,20H,10-13H2,(H2,19,21)/t18-/m0/s1. The summed E-state index contributed by atoms with van der Waals surface area (Å²) in [7, 11) is 0. The minimum atomic E-state index is -0.422. The molecule has 21 heavy (non-hydrogen) atoms. The van der Waals surface area contributed by atoms with Crippen molar-refractivity contribution >= 4 is 5.91 Å². The van der Waals surface area contributed by atoms with Gasteiger partial charge in [0.25, 0.3) is 0 Å². The van der Waals surface area contributed by atoms with Gasteiger partial charge in [-0.1, -0.05) is 54.6 Å². The molecule has 3 N–H and O–H groups in total. The maximum absolute atomic E-state index is 11.8. The van der Waals surface area contributed by atoms with Crippen molar-refractivity contribution in [1.29, 1.82) is 0 Å². The Balaban J connectivity index is 1.80. The summed E-state index contributed by atoms with van der Waals surface area (Å²) in [5, 5.41) is 3.25. The summed E-state index contributed by atoms with van der Waals surface area (Å²) in [5.74, 6) is -0.195. The number of carbonyl (C=O) groups is 1. The van der Waals surface area contributed by atoms with Gasteiger partial charge in [-0.05, 0) is 36.1 Å². The van der Waals surface area contributed by atoms with Gasteiger partial charge in [-0.2, -0.15) is 0 Å². The third-order valence-corrected chi connectivity index (χ3v) is 4.37. The maximum atomic E-state index is 11.8. The van der Waals surface area contributed by atoms with E-state index >= 15 is 0 Å². The number of carbonyl (C=O) groups excluding carboxylic acids is 1. The van der Waals surface area contributed by atoms with Crippen LogP contribution in [-0.4, -0.2) is 19.0 Å². The van der Waals surface area contributed by atoms with Gasteiger partial charge in [-0.25, -0.2) is 0 Å². The monoisotopic (exact) mass is 280 g/mol. The lowest BCUT2D eigenvalue weighted by Crippen LogP contribution is -2.40. The second kappa shape index (κ2) is 5.70. The van der Waals surface area contributed by atoms with Crippen LogP contribution in [0, 0.1) is 5.41 Å². The minimum Gasteiger partial charge on any atom is -0.369 e. The van der Waals surface area contributed by atoms with Crippen molar-refractivity contribution in [2.75, 3.05) is 13.1 Å². The number of benzene rings is 2. The molecule has 1 fully saturated rings. The Morgan fingerprint density at radius 2 is 1.71 bits per heavy atom. The third-order valence-electron chi connectivity index (χ3n) is 4.37. The van der Waals surface area contributed by atoms with Crippen molar-refractivity contribution in [2.24, 2.45) is 11.1 Å². The normalized spacial score (nSPS) is 21.3. The largest absolute Gasteiger partial charge is 0.369 e. The molecule has 0 aliphatic carbocycles. The molecule has 0 spiro atoms. The molecule has 1 aliphatic rings. The SMILES string of the molecule is NC(=O)[C@]1(Cc2ccc(-c3ccccc3)cc2)CCNC1. The second-order valence-electron chi connectivity index (χ2n) is 5.81. The number of hydrogen-bond acceptors (Lipinski definition) is 2. The quantitative estimate of drug-likeness (QED) is 0.903. The molecule has 3 heteroatoms. The highest BCUT2D eigenvalue weighted by atomic mass is 16.1. The van der Waals surface area contributed by atoms with Crippen molar-refractivity contribution in [3.05, 3.63) is 60.2 Å². The smallest absolute Gasteiger partial charge is 0.225 e. The number of nitrogens with one attached hydrogen (secondary N) is 1. The van der Waals surface area contributed by atoms with Crippen LogP contribution < -0.4 is 11.1 Å². The molecule has 1 aliphatic heterocycles. The molecule has 1 heterocycles. The molecule has 0 bridgehead atoms. The number of amides is 1. The molecule has 0 saturated carbocycles. The molecule has 3 rings (SSSR count). The highest BCUT2D eigenvalue weighted by Gasteiger charge is 2.39. The van der Waals surface area contributed by atoms with E-state index in [-0.39, 0.29) is 5.91 Å². The van der Waals surface area contributed by atoms with E-state index < -0.39 is 5.41 Å². The van der Waals surface area contributed by atoms with Gasteiger partial charge in [0.15, 0.2) is 0 Å². The van der Waals surface area contributed by atoms with Crippen LogP contribution in [0.4, 0.5) is 0 Å². The van der Waals surface area contributed by atoms with Crippen LogP contribution in [0.2, 0.25) is 0 Å². The summed E-state index contributed by atoms with van der Waals surface area (Å²) in [6.45, 7) is 1.55. The molecular weight excluding hydrogens is 260 g/mol. The Kier molecular flexibility index (Phi) is 3.76. The lowest BCUT2D eigenvalue weighted by atomic mass is 9.80. The zero-order valence-corrected chi connectivity index (χ0v) is 12.0. The van der Waals surface area contributed by atoms with Gasteiger partial charge in [-0.15, -0.1) is 0 Å². The van der Waals surface area contributed by atoms with Crippen LogP contribution >= 0.6 is 0 Å². The van der Waals surface area contributed by atoms with E-state index in [2.05, 4.69) is 41.7 Å². The third kappa shape index (κ3) is 2.83. The lowest BCUT2D eigenvalue weighted by Gasteiger charge is -2.24. The fraction of sp³-hybridized carbons (Fsp3) is 0.278. The van der Waals surface area contributed by atoms with Crippen LogP contribution in [0.3, 0.4) is 0 Å². The van der Waals surface area contributed by atoms with E-state index in [1.54, 1.807) is 0 Å². The summed E-state index contributed by atoms with van der Waals surface area (Å²) < 4.78 is 0. The fourth-order valence-electron chi connectivity index (χ4n) is 3.03. The van der Waals surface area contributed by atoms with Crippen LogP contribution in [0.15, 0.2) is 54.6 Å². The average Bonchev–Trinajstić information content (AvgIpc) is 2.99. The Morgan fingerprint density at radius 1 is 1.05 bits per heavy atom. The predicted molar refractivity (Wildman–Crippen MR) is 84.7 cm³/mol. The zero-order chi connectivity index (χ0) is 14.7. The first-order chi connectivity index (χ1) is 10.2. The van der Waals surface area contributed by atoms with E-state index in [1.165, 1.54) is 11.1 Å². The molecule has 0 unspecified atom stereocenters. The van der Waals surface area contributed by atoms with Gasteiger partial charge < -0.3 is 11.1 Å². The number of rotatable bonds is 4. The van der Waals surface area contributed by atoms with E-state index in [4.69, 9.17) is 5.73 Å². The lowest BCUT2D eigenvalue weighted by molar-refractivity contribution is -0.126. The molecule has 1 saturated heterocycles. The van der Waals surface area contributed by atoms with Gasteiger partial charge >= 0.3 is 0 Å². The van der Waals surface area contributed by atoms with Gasteiger partial charge in [-0.3, -0.25) is 4.79 Å². The van der Waals surface area contributed by atoms with Crippen molar-refractivity contribution < 1.29 is 4.79 Å². The molecular formula is C18H20N2O. The van der Waals surface area contributed by atoms with Crippen LogP contribution in [0.5, 0.6) is 0 Å². The second-order valence-corrected chi connectivity index (χ2v) is 5.81. The van der Waals surface area contributed by atoms with Gasteiger partial charge in [0.05, 0.1) is 5.41 Å². The molecule has 3 nitrogen and oxygen atoms in total. The topological polar surface area (TPSA) is 55.1 Å². The zero-order valence-electron chi connectivity index (χ0n) is 12.0. The fourth-order valence-corrected chi connectivity index (χ4v) is 3.03. The summed E-state index contributed by atoms with van der Waals surface area (Å²) >= 11 is 0. The Hall–Kier alpha value is -2.13. The van der Waals surface area contributed by atoms with Crippen molar-refractivity contribution in [1.82, 2.24) is 5.32 Å². The van der Waals surface area contributed by atoms with Gasteiger partial charge in [0.2, 0.25) is 5.91 Å². The van der Waals surface area contributed by atoms with E-state index in [1.807, 2.05) is 18.2 Å². The minimum absolute atomic E-state index is 0.195. The number of hydrogen-bond donors (Lipinski definition) is 2. The number of primary amides is 1. The maximum Gasteiger partial charge on any atom is 0.225 e. The van der Waals surface area contributed by atoms with Crippen molar-refractivity contribution in [3.63, 3.8) is 0 Å². The highest BCUT2D eigenvalue weighted by Crippen LogP contribution is 2.30. The summed E-state index contributed by atoms with van der Waals surface area (Å²) in [5.41, 5.74) is 8.76. The van der Waals surface area contributed by atoms with Crippen LogP contribution in [0.1, 0.15) is 12.0 Å². The first-order valence-corrected chi connectivity index (χ1v) is 7.35. The van der Waals surface area contributed by atoms with Crippen LogP contribution in [0.25, 0.3) is 11.1 Å². The molecule has 1 atom stereocenters. The summed E-state index contributed by atoms with van der Waals surface area (Å²) in [6, 6.07) is 18.7. The predicted octanol–water partition coefficient (Wildman–Crippen LogP) is 2.36.